The molecule has 0 N–H and O–H groups in total. The minimum Gasteiger partial charge on any atom is -0.465 e. The number of rotatable bonds is 2. The maximum Gasteiger partial charge on any atom is 0.337 e. The van der Waals surface area contributed by atoms with Crippen LogP contribution in [0, 0.1) is 17.1 Å². The number of benzene rings is 1. The van der Waals surface area contributed by atoms with Gasteiger partial charge in [-0.25, -0.2) is 9.18 Å². The summed E-state index contributed by atoms with van der Waals surface area (Å²) in [6.45, 7) is 0. The van der Waals surface area contributed by atoms with Crippen molar-refractivity contribution < 1.29 is 13.9 Å². The molecular weight excluding hydrogens is 283 g/mol. The van der Waals surface area contributed by atoms with Crippen LogP contribution in [0.1, 0.15) is 15.9 Å². The summed E-state index contributed by atoms with van der Waals surface area (Å²) >= 11 is 0. The van der Waals surface area contributed by atoms with Gasteiger partial charge >= 0.3 is 5.97 Å². The molecule has 5 heteroatoms. The number of fused-ring (bicyclic) bond motifs is 1. The molecule has 3 aromatic rings. The first kappa shape index (κ1) is 13.8. The van der Waals surface area contributed by atoms with E-state index in [2.05, 4.69) is 4.74 Å². The summed E-state index contributed by atoms with van der Waals surface area (Å²) < 4.78 is 20.8. The Balaban J connectivity index is 2.21. The van der Waals surface area contributed by atoms with Crippen LogP contribution in [0.5, 0.6) is 0 Å². The van der Waals surface area contributed by atoms with E-state index in [1.807, 2.05) is 6.07 Å². The van der Waals surface area contributed by atoms with Crippen molar-refractivity contribution in [2.24, 2.45) is 0 Å². The Morgan fingerprint density at radius 2 is 1.95 bits per heavy atom. The third-order valence-corrected chi connectivity index (χ3v) is 3.48. The van der Waals surface area contributed by atoms with Gasteiger partial charge in [0.25, 0.3) is 0 Å². The maximum absolute atomic E-state index is 14.6. The van der Waals surface area contributed by atoms with E-state index in [1.54, 1.807) is 53.1 Å². The van der Waals surface area contributed by atoms with Crippen LogP contribution in [-0.4, -0.2) is 17.5 Å². The minimum atomic E-state index is -0.570. The number of hydrogen-bond donors (Lipinski definition) is 0. The number of halogens is 1. The lowest BCUT2D eigenvalue weighted by molar-refractivity contribution is 0.0601. The Morgan fingerprint density at radius 1 is 1.23 bits per heavy atom. The molecule has 0 atom stereocenters. The Hall–Kier alpha value is -3.13. The number of hydrogen-bond acceptors (Lipinski definition) is 3. The van der Waals surface area contributed by atoms with E-state index in [9.17, 15) is 9.18 Å². The van der Waals surface area contributed by atoms with E-state index in [0.29, 0.717) is 22.3 Å². The molecule has 22 heavy (non-hydrogen) atoms. The highest BCUT2D eigenvalue weighted by atomic mass is 19.1. The smallest absolute Gasteiger partial charge is 0.337 e. The van der Waals surface area contributed by atoms with Crippen LogP contribution in [0.3, 0.4) is 0 Å². The topological polar surface area (TPSA) is 54.5 Å². The van der Waals surface area contributed by atoms with Crippen LogP contribution >= 0.6 is 0 Å². The third-order valence-electron chi connectivity index (χ3n) is 3.48. The molecule has 0 saturated carbocycles. The lowest BCUT2D eigenvalue weighted by atomic mass is 10.1. The van der Waals surface area contributed by atoms with Crippen molar-refractivity contribution >= 4 is 11.5 Å². The molecule has 0 spiro atoms. The highest BCUT2D eigenvalue weighted by molar-refractivity contribution is 5.90. The number of nitriles is 1. The Labute approximate surface area is 126 Å². The fourth-order valence-electron chi connectivity index (χ4n) is 2.43. The lowest BCUT2D eigenvalue weighted by Crippen LogP contribution is -2.00. The molecule has 0 fully saturated rings. The molecule has 4 nitrogen and oxygen atoms in total. The second-order valence-corrected chi connectivity index (χ2v) is 4.67. The largest absolute Gasteiger partial charge is 0.465 e. The summed E-state index contributed by atoms with van der Waals surface area (Å²) in [6, 6.07) is 13.5. The van der Waals surface area contributed by atoms with Gasteiger partial charge in [0.2, 0.25) is 0 Å². The number of esters is 1. The minimum absolute atomic E-state index is 0.00708. The Kier molecular flexibility index (Phi) is 3.36. The van der Waals surface area contributed by atoms with Crippen molar-refractivity contribution in [2.45, 2.75) is 0 Å². The Bertz CT molecular complexity index is 905. The number of carbonyl (C=O) groups is 1. The second-order valence-electron chi connectivity index (χ2n) is 4.67. The average molecular weight is 294 g/mol. The van der Waals surface area contributed by atoms with Crippen LogP contribution in [0.2, 0.25) is 0 Å². The van der Waals surface area contributed by atoms with Crippen LogP contribution < -0.4 is 0 Å². The summed E-state index contributed by atoms with van der Waals surface area (Å²) in [5.41, 5.74) is 1.77. The first-order valence-electron chi connectivity index (χ1n) is 6.54. The monoisotopic (exact) mass is 294 g/mol. The summed E-state index contributed by atoms with van der Waals surface area (Å²) in [5.74, 6) is -1.02. The van der Waals surface area contributed by atoms with Crippen LogP contribution in [0.25, 0.3) is 16.8 Å². The fraction of sp³-hybridized carbons (Fsp3) is 0.0588. The van der Waals surface area contributed by atoms with Gasteiger partial charge in [-0.1, -0.05) is 18.2 Å². The highest BCUT2D eigenvalue weighted by Crippen LogP contribution is 2.30. The van der Waals surface area contributed by atoms with Gasteiger partial charge in [0.15, 0.2) is 5.82 Å². The molecular formula is C17H11FN2O2. The van der Waals surface area contributed by atoms with Crippen molar-refractivity contribution in [3.63, 3.8) is 0 Å². The van der Waals surface area contributed by atoms with E-state index in [-0.39, 0.29) is 5.56 Å². The Morgan fingerprint density at radius 3 is 2.59 bits per heavy atom. The van der Waals surface area contributed by atoms with Crippen LogP contribution in [-0.2, 0) is 4.74 Å². The van der Waals surface area contributed by atoms with Crippen molar-refractivity contribution in [3.05, 3.63) is 65.6 Å². The number of methoxy groups -OCH3 is 1. The summed E-state index contributed by atoms with van der Waals surface area (Å²) in [7, 11) is 1.30. The maximum atomic E-state index is 14.6. The van der Waals surface area contributed by atoms with Crippen molar-refractivity contribution in [3.8, 4) is 17.3 Å². The fourth-order valence-corrected chi connectivity index (χ4v) is 2.43. The molecule has 0 aliphatic heterocycles. The molecule has 0 aliphatic carbocycles. The lowest BCUT2D eigenvalue weighted by Gasteiger charge is -2.04. The molecule has 0 aliphatic rings. The SMILES string of the molecule is COC(=O)c1ccc(-c2c(F)c(C#N)c3ccccn23)cc1. The molecule has 0 amide bonds. The second kappa shape index (κ2) is 5.34. The zero-order valence-corrected chi connectivity index (χ0v) is 11.7. The molecule has 0 radical (unpaired) electrons. The van der Waals surface area contributed by atoms with Gasteiger partial charge in [-0.3, -0.25) is 0 Å². The van der Waals surface area contributed by atoms with Gasteiger partial charge < -0.3 is 9.14 Å². The summed E-state index contributed by atoms with van der Waals surface area (Å²) in [4.78, 5) is 11.4. The number of ether oxygens (including phenoxy) is 1. The summed E-state index contributed by atoms with van der Waals surface area (Å²) in [6.07, 6.45) is 1.70. The molecule has 108 valence electrons. The zero-order chi connectivity index (χ0) is 15.7. The standard InChI is InChI=1S/C17H11FN2O2/c1-22-17(21)12-7-5-11(6-8-12)16-15(18)13(10-19)14-4-2-3-9-20(14)16/h2-9H,1H3. The first-order chi connectivity index (χ1) is 10.7. The van der Waals surface area contributed by atoms with Gasteiger partial charge in [0.05, 0.1) is 23.9 Å². The highest BCUT2D eigenvalue weighted by Gasteiger charge is 2.19. The van der Waals surface area contributed by atoms with E-state index in [1.165, 1.54) is 7.11 Å². The molecule has 2 heterocycles. The van der Waals surface area contributed by atoms with Crippen molar-refractivity contribution in [1.29, 1.82) is 5.26 Å². The average Bonchev–Trinajstić information content (AvgIpc) is 2.85. The van der Waals surface area contributed by atoms with Crippen LogP contribution in [0.4, 0.5) is 4.39 Å². The number of aromatic nitrogens is 1. The predicted molar refractivity (Wildman–Crippen MR) is 78.8 cm³/mol. The van der Waals surface area contributed by atoms with Gasteiger partial charge in [-0.2, -0.15) is 5.26 Å². The van der Waals surface area contributed by atoms with Gasteiger partial charge in [-0.05, 0) is 24.3 Å². The predicted octanol–water partition coefficient (Wildman–Crippen LogP) is 3.40. The van der Waals surface area contributed by atoms with E-state index < -0.39 is 11.8 Å². The van der Waals surface area contributed by atoms with Crippen LogP contribution in [0.15, 0.2) is 48.7 Å². The normalized spacial score (nSPS) is 10.4. The quantitative estimate of drug-likeness (QED) is 0.681. The van der Waals surface area contributed by atoms with Gasteiger partial charge in [-0.15, -0.1) is 0 Å². The molecule has 0 saturated heterocycles. The van der Waals surface area contributed by atoms with E-state index in [0.717, 1.165) is 0 Å². The van der Waals surface area contributed by atoms with Gasteiger partial charge in [0, 0.05) is 11.8 Å². The van der Waals surface area contributed by atoms with Gasteiger partial charge in [0.1, 0.15) is 11.6 Å². The number of pyridine rings is 1. The number of carbonyl (C=O) groups excluding carboxylic acids is 1. The molecule has 3 rings (SSSR count). The van der Waals surface area contributed by atoms with E-state index >= 15 is 0 Å². The number of nitrogens with zero attached hydrogens (tertiary/aromatic N) is 2. The molecule has 2 aromatic heterocycles. The molecule has 0 unspecified atom stereocenters. The molecule has 0 bridgehead atoms. The summed E-state index contributed by atoms with van der Waals surface area (Å²) in [5, 5.41) is 9.16. The third kappa shape index (κ3) is 2.02. The van der Waals surface area contributed by atoms with Crippen molar-refractivity contribution in [1.82, 2.24) is 4.40 Å². The first-order valence-corrected chi connectivity index (χ1v) is 6.54. The van der Waals surface area contributed by atoms with E-state index in [4.69, 9.17) is 5.26 Å². The zero-order valence-electron chi connectivity index (χ0n) is 11.7. The molecule has 1 aromatic carbocycles. The van der Waals surface area contributed by atoms with Crippen molar-refractivity contribution in [2.75, 3.05) is 7.11 Å².